The number of carbonyl (C=O) groups is 2. The molecule has 0 aliphatic carbocycles. The Labute approximate surface area is 138 Å². The van der Waals surface area contributed by atoms with Gasteiger partial charge in [0.25, 0.3) is 5.56 Å². The highest BCUT2D eigenvalue weighted by atomic mass is 16.5. The summed E-state index contributed by atoms with van der Waals surface area (Å²) < 4.78 is 10.5. The van der Waals surface area contributed by atoms with Crippen LogP contribution in [0, 0.1) is 0 Å². The molecule has 2 rings (SSSR count). The lowest BCUT2D eigenvalue weighted by atomic mass is 10.1. The van der Waals surface area contributed by atoms with E-state index >= 15 is 0 Å². The maximum atomic E-state index is 11.8. The van der Waals surface area contributed by atoms with Gasteiger partial charge in [-0.1, -0.05) is 0 Å². The summed E-state index contributed by atoms with van der Waals surface area (Å²) in [6.45, 7) is -0.553. The molecule has 24 heavy (non-hydrogen) atoms. The normalized spacial score (nSPS) is 10.1. The fourth-order valence-electron chi connectivity index (χ4n) is 1.91. The zero-order chi connectivity index (χ0) is 17.5. The molecule has 0 aliphatic rings. The fourth-order valence-corrected chi connectivity index (χ4v) is 1.91. The molecule has 8 nitrogen and oxygen atoms in total. The van der Waals surface area contributed by atoms with E-state index in [1.807, 2.05) is 0 Å². The third kappa shape index (κ3) is 4.42. The van der Waals surface area contributed by atoms with Crippen molar-refractivity contribution in [1.82, 2.24) is 15.1 Å². The van der Waals surface area contributed by atoms with E-state index in [4.69, 9.17) is 4.74 Å². The average Bonchev–Trinajstić information content (AvgIpc) is 2.61. The lowest BCUT2D eigenvalue weighted by molar-refractivity contribution is -0.141. The first-order valence-corrected chi connectivity index (χ1v) is 7.09. The minimum atomic E-state index is -0.573. The van der Waals surface area contributed by atoms with Crippen molar-refractivity contribution in [1.29, 1.82) is 0 Å². The molecule has 1 aromatic heterocycles. The van der Waals surface area contributed by atoms with Crippen molar-refractivity contribution >= 4 is 11.9 Å². The number of nitrogens with zero attached hydrogens (tertiary/aromatic N) is 2. The van der Waals surface area contributed by atoms with Crippen molar-refractivity contribution < 1.29 is 19.1 Å². The molecular formula is C16H17N3O5. The molecule has 1 heterocycles. The van der Waals surface area contributed by atoms with Crippen molar-refractivity contribution in [3.05, 3.63) is 46.8 Å². The Morgan fingerprint density at radius 3 is 2.46 bits per heavy atom. The number of benzene rings is 1. The van der Waals surface area contributed by atoms with E-state index in [2.05, 4.69) is 15.2 Å². The quantitative estimate of drug-likeness (QED) is 0.760. The van der Waals surface area contributed by atoms with Gasteiger partial charge in [0.1, 0.15) is 18.8 Å². The topological polar surface area (TPSA) is 99.5 Å². The maximum absolute atomic E-state index is 11.8. The molecule has 0 radical (unpaired) electrons. The minimum absolute atomic E-state index is 0.262. The second-order valence-electron chi connectivity index (χ2n) is 4.80. The van der Waals surface area contributed by atoms with Gasteiger partial charge < -0.3 is 14.8 Å². The highest BCUT2D eigenvalue weighted by Gasteiger charge is 2.09. The van der Waals surface area contributed by atoms with Gasteiger partial charge in [-0.25, -0.2) is 4.68 Å². The number of amides is 1. The number of rotatable bonds is 6. The van der Waals surface area contributed by atoms with Crippen LogP contribution in [0.4, 0.5) is 0 Å². The Kier molecular flexibility index (Phi) is 5.67. The SMILES string of the molecule is COC(=O)CNC(=O)Cn1nc(-c2ccc(OC)cc2)ccc1=O. The van der Waals surface area contributed by atoms with Gasteiger partial charge in [0.2, 0.25) is 5.91 Å². The monoisotopic (exact) mass is 331 g/mol. The van der Waals surface area contributed by atoms with Crippen molar-refractivity contribution in [3.63, 3.8) is 0 Å². The zero-order valence-electron chi connectivity index (χ0n) is 13.3. The van der Waals surface area contributed by atoms with Gasteiger partial charge in [-0.05, 0) is 30.3 Å². The maximum Gasteiger partial charge on any atom is 0.325 e. The van der Waals surface area contributed by atoms with E-state index in [0.29, 0.717) is 11.4 Å². The third-order valence-electron chi connectivity index (χ3n) is 3.20. The Morgan fingerprint density at radius 1 is 1.12 bits per heavy atom. The molecular weight excluding hydrogens is 314 g/mol. The Balaban J connectivity index is 2.14. The van der Waals surface area contributed by atoms with Gasteiger partial charge in [0, 0.05) is 11.6 Å². The van der Waals surface area contributed by atoms with Crippen LogP contribution >= 0.6 is 0 Å². The lowest BCUT2D eigenvalue weighted by Gasteiger charge is -2.08. The van der Waals surface area contributed by atoms with Gasteiger partial charge in [0.15, 0.2) is 0 Å². The molecule has 0 saturated carbocycles. The first kappa shape index (κ1) is 17.2. The molecule has 0 atom stereocenters. The molecule has 0 fully saturated rings. The summed E-state index contributed by atoms with van der Waals surface area (Å²) in [4.78, 5) is 34.6. The number of esters is 1. The molecule has 0 aliphatic heterocycles. The summed E-state index contributed by atoms with van der Waals surface area (Å²) in [5, 5.41) is 6.53. The van der Waals surface area contributed by atoms with Crippen LogP contribution in [0.2, 0.25) is 0 Å². The second-order valence-corrected chi connectivity index (χ2v) is 4.80. The summed E-state index contributed by atoms with van der Waals surface area (Å²) in [5.41, 5.74) is 0.901. The molecule has 0 saturated heterocycles. The Bertz CT molecular complexity index is 783. The van der Waals surface area contributed by atoms with Crippen LogP contribution in [0.5, 0.6) is 5.75 Å². The van der Waals surface area contributed by atoms with Crippen molar-refractivity contribution in [2.75, 3.05) is 20.8 Å². The van der Waals surface area contributed by atoms with Crippen molar-refractivity contribution in [2.45, 2.75) is 6.54 Å². The number of aromatic nitrogens is 2. The highest BCUT2D eigenvalue weighted by Crippen LogP contribution is 2.19. The summed E-state index contributed by atoms with van der Waals surface area (Å²) in [7, 11) is 2.79. The van der Waals surface area contributed by atoms with Crippen LogP contribution in [0.25, 0.3) is 11.3 Å². The molecule has 1 amide bonds. The average molecular weight is 331 g/mol. The molecule has 126 valence electrons. The van der Waals surface area contributed by atoms with Crippen LogP contribution in [-0.2, 0) is 20.9 Å². The summed E-state index contributed by atoms with van der Waals surface area (Å²) in [6, 6.07) is 10.1. The van der Waals surface area contributed by atoms with Gasteiger partial charge in [-0.2, -0.15) is 5.10 Å². The minimum Gasteiger partial charge on any atom is -0.497 e. The summed E-state index contributed by atoms with van der Waals surface area (Å²) in [6.07, 6.45) is 0. The summed E-state index contributed by atoms with van der Waals surface area (Å²) in [5.74, 6) is -0.383. The van der Waals surface area contributed by atoms with Crippen LogP contribution in [0.3, 0.4) is 0 Å². The lowest BCUT2D eigenvalue weighted by Crippen LogP contribution is -2.36. The predicted octanol–water partition coefficient (Wildman–Crippen LogP) is 0.208. The number of ether oxygens (including phenoxy) is 2. The van der Waals surface area contributed by atoms with Crippen LogP contribution in [0.15, 0.2) is 41.2 Å². The molecule has 1 aromatic carbocycles. The standard InChI is InChI=1S/C16H17N3O5/c1-23-12-5-3-11(4-6-12)13-7-8-15(21)19(18-13)10-14(20)17-9-16(22)24-2/h3-8H,9-10H2,1-2H3,(H,17,20). The second kappa shape index (κ2) is 7.91. The van der Waals surface area contributed by atoms with Crippen molar-refractivity contribution in [2.24, 2.45) is 0 Å². The van der Waals surface area contributed by atoms with Crippen LogP contribution < -0.4 is 15.6 Å². The number of methoxy groups -OCH3 is 2. The highest BCUT2D eigenvalue weighted by molar-refractivity contribution is 5.81. The largest absolute Gasteiger partial charge is 0.497 e. The molecule has 8 heteroatoms. The van der Waals surface area contributed by atoms with E-state index in [1.165, 1.54) is 13.2 Å². The molecule has 0 unspecified atom stereocenters. The first-order chi connectivity index (χ1) is 11.5. The van der Waals surface area contributed by atoms with Crippen LogP contribution in [-0.4, -0.2) is 42.4 Å². The van der Waals surface area contributed by atoms with E-state index in [-0.39, 0.29) is 13.1 Å². The van der Waals surface area contributed by atoms with Gasteiger partial charge in [-0.3, -0.25) is 14.4 Å². The third-order valence-corrected chi connectivity index (χ3v) is 3.20. The van der Waals surface area contributed by atoms with E-state index < -0.39 is 17.4 Å². The number of nitrogens with one attached hydrogen (secondary N) is 1. The molecule has 0 bridgehead atoms. The number of carbonyl (C=O) groups excluding carboxylic acids is 2. The molecule has 0 spiro atoms. The summed E-state index contributed by atoms with van der Waals surface area (Å²) >= 11 is 0. The van der Waals surface area contributed by atoms with E-state index in [0.717, 1.165) is 10.2 Å². The van der Waals surface area contributed by atoms with Gasteiger partial charge in [0.05, 0.1) is 19.9 Å². The smallest absolute Gasteiger partial charge is 0.325 e. The zero-order valence-corrected chi connectivity index (χ0v) is 13.3. The Hall–Kier alpha value is -3.16. The number of hydrogen-bond donors (Lipinski definition) is 1. The van der Waals surface area contributed by atoms with E-state index in [9.17, 15) is 14.4 Å². The van der Waals surface area contributed by atoms with Crippen molar-refractivity contribution in [3.8, 4) is 17.0 Å². The van der Waals surface area contributed by atoms with Crippen LogP contribution in [0.1, 0.15) is 0 Å². The fraction of sp³-hybridized carbons (Fsp3) is 0.250. The molecule has 1 N–H and O–H groups in total. The van der Waals surface area contributed by atoms with Gasteiger partial charge in [-0.15, -0.1) is 0 Å². The van der Waals surface area contributed by atoms with Gasteiger partial charge >= 0.3 is 5.97 Å². The number of hydrogen-bond acceptors (Lipinski definition) is 6. The van der Waals surface area contributed by atoms with E-state index in [1.54, 1.807) is 37.4 Å². The molecule has 2 aromatic rings. The Morgan fingerprint density at radius 2 is 1.83 bits per heavy atom. The first-order valence-electron chi connectivity index (χ1n) is 7.09. The predicted molar refractivity (Wildman–Crippen MR) is 85.5 cm³/mol.